The molecule has 0 aliphatic heterocycles. The summed E-state index contributed by atoms with van der Waals surface area (Å²) in [6, 6.07) is 8.35. The van der Waals surface area contributed by atoms with Crippen LogP contribution in [0.25, 0.3) is 11.4 Å². The van der Waals surface area contributed by atoms with Crippen molar-refractivity contribution in [1.82, 2.24) is 19.9 Å². The third-order valence-corrected chi connectivity index (χ3v) is 7.58. The highest BCUT2D eigenvalue weighted by molar-refractivity contribution is 7.98. The van der Waals surface area contributed by atoms with Gasteiger partial charge in [-0.05, 0) is 57.1 Å². The smallest absolute Gasteiger partial charge is 0.227 e. The zero-order valence-electron chi connectivity index (χ0n) is 22.9. The first-order valence-corrected chi connectivity index (χ1v) is 14.0. The van der Waals surface area contributed by atoms with Gasteiger partial charge in [0.2, 0.25) is 5.88 Å². The van der Waals surface area contributed by atoms with Gasteiger partial charge in [0.05, 0.1) is 25.0 Å². The van der Waals surface area contributed by atoms with Gasteiger partial charge in [0.1, 0.15) is 17.6 Å². The highest BCUT2D eigenvalue weighted by Gasteiger charge is 2.32. The number of aldehydes is 1. The maximum atomic E-state index is 12.0. The quantitative estimate of drug-likeness (QED) is 0.152. The van der Waals surface area contributed by atoms with Crippen molar-refractivity contribution in [2.75, 3.05) is 30.6 Å². The van der Waals surface area contributed by atoms with Gasteiger partial charge in [-0.15, -0.1) is 11.8 Å². The fourth-order valence-electron chi connectivity index (χ4n) is 4.11. The Morgan fingerprint density at radius 2 is 2.00 bits per heavy atom. The molecule has 4 rings (SSSR count). The average Bonchev–Trinajstić information content (AvgIpc) is 3.80. The number of nitrogens with one attached hydrogen (secondary N) is 1. The average molecular weight is 534 g/mol. The van der Waals surface area contributed by atoms with Crippen molar-refractivity contribution in [1.29, 1.82) is 0 Å². The van der Waals surface area contributed by atoms with Gasteiger partial charge in [0.25, 0.3) is 0 Å². The van der Waals surface area contributed by atoms with E-state index in [0.29, 0.717) is 41.4 Å². The summed E-state index contributed by atoms with van der Waals surface area (Å²) < 4.78 is 5.60. The molecular formula is C28H35N7O2S. The maximum absolute atomic E-state index is 12.0. The highest BCUT2D eigenvalue weighted by Crippen LogP contribution is 2.45. The van der Waals surface area contributed by atoms with Gasteiger partial charge in [0, 0.05) is 23.9 Å². The Morgan fingerprint density at radius 1 is 1.26 bits per heavy atom. The van der Waals surface area contributed by atoms with Crippen molar-refractivity contribution >= 4 is 35.4 Å². The molecule has 200 valence electrons. The molecule has 0 saturated heterocycles. The third kappa shape index (κ3) is 6.12. The van der Waals surface area contributed by atoms with Crippen molar-refractivity contribution in [3.8, 4) is 17.3 Å². The topological polar surface area (TPSA) is 105 Å². The Hall–Kier alpha value is -3.53. The van der Waals surface area contributed by atoms with Crippen LogP contribution < -0.4 is 15.0 Å². The molecule has 1 saturated carbocycles. The van der Waals surface area contributed by atoms with Crippen molar-refractivity contribution in [3.63, 3.8) is 0 Å². The van der Waals surface area contributed by atoms with Gasteiger partial charge in [-0.25, -0.2) is 19.9 Å². The number of aliphatic imine (C=N–C) groups is 1. The highest BCUT2D eigenvalue weighted by atomic mass is 32.2. The molecule has 1 N–H and O–H groups in total. The number of benzene rings is 1. The molecule has 1 aliphatic rings. The van der Waals surface area contributed by atoms with E-state index < -0.39 is 0 Å². The molecular weight excluding hydrogens is 498 g/mol. The standard InChI is InChI=1S/C28H35N7O2S/c1-7-17(2)35(4)27-24(33-22(15-36)29-14-19-8-12-21(38-6)13-9-19)18(3)32-26(34-27)23-25(20-10-11-20)30-16-31-28(23)37-5/h8-9,12-13,15-17,20H,7,10-11,14H2,1-6H3,(H,29,33). The second-order valence-corrected chi connectivity index (χ2v) is 10.3. The predicted octanol–water partition coefficient (Wildman–Crippen LogP) is 5.29. The summed E-state index contributed by atoms with van der Waals surface area (Å²) in [5.74, 6) is 2.22. The van der Waals surface area contributed by atoms with Crippen LogP contribution in [0, 0.1) is 6.92 Å². The number of rotatable bonds is 11. The normalized spacial score (nSPS) is 14.2. The molecule has 0 radical (unpaired) electrons. The number of hydrogen-bond donors (Lipinski definition) is 1. The Kier molecular flexibility index (Phi) is 8.93. The molecule has 1 aromatic carbocycles. The second kappa shape index (κ2) is 12.3. The lowest BCUT2D eigenvalue weighted by molar-refractivity contribution is -0.102. The first-order valence-electron chi connectivity index (χ1n) is 12.8. The van der Waals surface area contributed by atoms with Gasteiger partial charge < -0.3 is 15.0 Å². The third-order valence-electron chi connectivity index (χ3n) is 6.84. The predicted molar refractivity (Wildman–Crippen MR) is 154 cm³/mol. The summed E-state index contributed by atoms with van der Waals surface area (Å²) in [7, 11) is 3.59. The van der Waals surface area contributed by atoms with Crippen LogP contribution in [0.1, 0.15) is 56.0 Å². The van der Waals surface area contributed by atoms with Crippen LogP contribution in [0.4, 0.5) is 11.5 Å². The zero-order valence-corrected chi connectivity index (χ0v) is 23.7. The first-order chi connectivity index (χ1) is 18.4. The van der Waals surface area contributed by atoms with E-state index in [1.165, 1.54) is 11.2 Å². The summed E-state index contributed by atoms with van der Waals surface area (Å²) >= 11 is 1.69. The van der Waals surface area contributed by atoms with Gasteiger partial charge in [-0.2, -0.15) is 0 Å². The molecule has 0 bridgehead atoms. The van der Waals surface area contributed by atoms with E-state index in [0.717, 1.165) is 42.4 Å². The van der Waals surface area contributed by atoms with Gasteiger partial charge in [0.15, 0.2) is 23.8 Å². The van der Waals surface area contributed by atoms with Crippen LogP contribution >= 0.6 is 11.8 Å². The number of anilines is 2. The largest absolute Gasteiger partial charge is 0.480 e. The summed E-state index contributed by atoms with van der Waals surface area (Å²) in [5, 5.41) is 3.22. The second-order valence-electron chi connectivity index (χ2n) is 9.41. The Bertz CT molecular complexity index is 1310. The van der Waals surface area contributed by atoms with Crippen molar-refractivity contribution in [2.24, 2.45) is 4.99 Å². The molecule has 2 aromatic heterocycles. The number of methoxy groups -OCH3 is 1. The number of nitrogens with zero attached hydrogens (tertiary/aromatic N) is 6. The SMILES string of the molecule is CCC(C)N(C)c1nc(-c2c(OC)ncnc2C2CC2)nc(C)c1NC(C=O)=NCc1ccc(SC)cc1. The Labute approximate surface area is 228 Å². The van der Waals surface area contributed by atoms with E-state index >= 15 is 0 Å². The molecule has 0 amide bonds. The molecule has 1 fully saturated rings. The summed E-state index contributed by atoms with van der Waals surface area (Å²) in [6.07, 6.45) is 7.37. The summed E-state index contributed by atoms with van der Waals surface area (Å²) in [5.41, 5.74) is 3.99. The maximum Gasteiger partial charge on any atom is 0.227 e. The van der Waals surface area contributed by atoms with E-state index in [4.69, 9.17) is 14.7 Å². The van der Waals surface area contributed by atoms with Gasteiger partial charge in [-0.1, -0.05) is 19.1 Å². The lowest BCUT2D eigenvalue weighted by atomic mass is 10.1. The van der Waals surface area contributed by atoms with Crippen molar-refractivity contribution in [2.45, 2.75) is 63.4 Å². The lowest BCUT2D eigenvalue weighted by Crippen LogP contribution is -2.31. The Balaban J connectivity index is 1.75. The number of aryl methyl sites for hydroxylation is 1. The van der Waals surface area contributed by atoms with E-state index in [1.807, 2.05) is 32.4 Å². The number of carbonyl (C=O) groups is 1. The number of ether oxygens (including phenoxy) is 1. The Morgan fingerprint density at radius 3 is 2.61 bits per heavy atom. The molecule has 9 nitrogen and oxygen atoms in total. The number of amidine groups is 1. The lowest BCUT2D eigenvalue weighted by Gasteiger charge is -2.28. The molecule has 1 unspecified atom stereocenters. The van der Waals surface area contributed by atoms with E-state index in [-0.39, 0.29) is 11.9 Å². The fraction of sp³-hybridized carbons (Fsp3) is 0.429. The van der Waals surface area contributed by atoms with E-state index in [1.54, 1.807) is 18.9 Å². The number of thioether (sulfide) groups is 1. The number of aromatic nitrogens is 4. The minimum absolute atomic E-state index is 0.195. The zero-order chi connectivity index (χ0) is 27.2. The van der Waals surface area contributed by atoms with Crippen molar-refractivity contribution < 1.29 is 9.53 Å². The fourth-order valence-corrected chi connectivity index (χ4v) is 4.52. The monoisotopic (exact) mass is 533 g/mol. The van der Waals surface area contributed by atoms with E-state index in [2.05, 4.69) is 51.2 Å². The van der Waals surface area contributed by atoms with Gasteiger partial charge >= 0.3 is 0 Å². The molecule has 1 aliphatic carbocycles. The molecule has 1 atom stereocenters. The van der Waals surface area contributed by atoms with Gasteiger partial charge in [-0.3, -0.25) is 9.79 Å². The van der Waals surface area contributed by atoms with Crippen LogP contribution in [0.2, 0.25) is 0 Å². The van der Waals surface area contributed by atoms with Crippen LogP contribution in [0.5, 0.6) is 5.88 Å². The first kappa shape index (κ1) is 27.5. The summed E-state index contributed by atoms with van der Waals surface area (Å²) in [6.45, 7) is 6.55. The minimum Gasteiger partial charge on any atom is -0.480 e. The van der Waals surface area contributed by atoms with E-state index in [9.17, 15) is 4.79 Å². The molecule has 2 heterocycles. The summed E-state index contributed by atoms with van der Waals surface area (Å²) in [4.78, 5) is 38.6. The number of carbonyl (C=O) groups excluding carboxylic acids is 1. The van der Waals surface area contributed by atoms with Crippen LogP contribution in [0.15, 0.2) is 40.5 Å². The minimum atomic E-state index is 0.195. The number of hydrogen-bond acceptors (Lipinski definition) is 9. The van der Waals surface area contributed by atoms with Crippen LogP contribution in [0.3, 0.4) is 0 Å². The molecule has 10 heteroatoms. The van der Waals surface area contributed by atoms with Crippen LogP contribution in [-0.4, -0.2) is 58.5 Å². The molecule has 38 heavy (non-hydrogen) atoms. The molecule has 0 spiro atoms. The molecule has 3 aromatic rings. The van der Waals surface area contributed by atoms with Crippen LogP contribution in [-0.2, 0) is 11.3 Å². The van der Waals surface area contributed by atoms with Crippen molar-refractivity contribution in [3.05, 3.63) is 47.5 Å².